The van der Waals surface area contributed by atoms with Crippen LogP contribution in [0.5, 0.6) is 5.75 Å². The molecule has 1 aliphatic heterocycles. The maximum absolute atomic E-state index is 13.5. The number of morpholine rings is 1. The van der Waals surface area contributed by atoms with Crippen LogP contribution in [0.4, 0.5) is 4.39 Å². The molecular weight excluding hydrogens is 261 g/mol. The van der Waals surface area contributed by atoms with E-state index in [1.165, 1.54) is 12.1 Å². The highest BCUT2D eigenvalue weighted by Gasteiger charge is 2.30. The lowest BCUT2D eigenvalue weighted by molar-refractivity contribution is -0.0460. The molecule has 2 rings (SSSR count). The third-order valence-electron chi connectivity index (χ3n) is 3.70. The summed E-state index contributed by atoms with van der Waals surface area (Å²) in [6.07, 6.45) is -0.135. The van der Waals surface area contributed by atoms with Gasteiger partial charge in [-0.3, -0.25) is 16.2 Å². The zero-order valence-electron chi connectivity index (χ0n) is 11.9. The van der Waals surface area contributed by atoms with Gasteiger partial charge in [0.25, 0.3) is 0 Å². The Hall–Kier alpha value is -1.21. The topological polar surface area (TPSA) is 59.8 Å². The Bertz CT molecular complexity index is 444. The van der Waals surface area contributed by atoms with Gasteiger partial charge in [-0.25, -0.2) is 4.39 Å². The summed E-state index contributed by atoms with van der Waals surface area (Å²) in [7, 11) is 1.56. The molecule has 0 amide bonds. The second kappa shape index (κ2) is 6.99. The first-order chi connectivity index (χ1) is 9.69. The van der Waals surface area contributed by atoms with Gasteiger partial charge in [0.2, 0.25) is 0 Å². The molecule has 1 heterocycles. The number of hydrogen-bond donors (Lipinski definition) is 2. The molecule has 0 saturated carbocycles. The first-order valence-corrected chi connectivity index (χ1v) is 6.83. The van der Waals surface area contributed by atoms with Gasteiger partial charge in [-0.2, -0.15) is 0 Å². The molecule has 0 spiro atoms. The quantitative estimate of drug-likeness (QED) is 0.625. The van der Waals surface area contributed by atoms with E-state index in [4.69, 9.17) is 15.3 Å². The van der Waals surface area contributed by atoms with Crippen molar-refractivity contribution in [3.8, 4) is 5.75 Å². The molecule has 0 bridgehead atoms. The minimum absolute atomic E-state index is 0.135. The molecule has 20 heavy (non-hydrogen) atoms. The van der Waals surface area contributed by atoms with Crippen LogP contribution in [-0.2, 0) is 4.74 Å². The lowest BCUT2D eigenvalue weighted by Gasteiger charge is -2.36. The monoisotopic (exact) mass is 283 g/mol. The second-order valence-electron chi connectivity index (χ2n) is 4.83. The number of hydrazine groups is 1. The predicted octanol–water partition coefficient (Wildman–Crippen LogP) is 1.06. The summed E-state index contributed by atoms with van der Waals surface area (Å²) in [5.41, 5.74) is 3.41. The smallest absolute Gasteiger partial charge is 0.123 e. The van der Waals surface area contributed by atoms with Crippen molar-refractivity contribution in [1.82, 2.24) is 10.3 Å². The summed E-state index contributed by atoms with van der Waals surface area (Å²) in [6, 6.07) is 4.11. The number of rotatable bonds is 5. The van der Waals surface area contributed by atoms with Gasteiger partial charge in [-0.05, 0) is 24.7 Å². The van der Waals surface area contributed by atoms with Crippen LogP contribution in [0, 0.1) is 5.82 Å². The Balaban J connectivity index is 2.25. The Morgan fingerprint density at radius 2 is 2.40 bits per heavy atom. The number of nitrogens with one attached hydrogen (secondary N) is 1. The van der Waals surface area contributed by atoms with E-state index in [-0.39, 0.29) is 18.0 Å². The summed E-state index contributed by atoms with van der Waals surface area (Å²) in [5, 5.41) is 0. The highest BCUT2D eigenvalue weighted by molar-refractivity contribution is 5.37. The summed E-state index contributed by atoms with van der Waals surface area (Å²) in [6.45, 7) is 5.37. The number of likely N-dealkylation sites (N-methyl/N-ethyl adjacent to an activating group) is 1. The molecule has 1 aromatic rings. The minimum Gasteiger partial charge on any atom is -0.496 e. The minimum atomic E-state index is -0.316. The van der Waals surface area contributed by atoms with E-state index in [1.807, 2.05) is 0 Å². The van der Waals surface area contributed by atoms with Crippen molar-refractivity contribution in [3.63, 3.8) is 0 Å². The number of nitrogens with zero attached hydrogens (tertiary/aromatic N) is 1. The standard InChI is InChI=1S/C14H22FN3O2/c1-3-18-6-7-20-13(9-18)14(17-16)11-8-10(15)4-5-12(11)19-2/h4-5,8,13-14,17H,3,6-7,9,16H2,1-2H3. The highest BCUT2D eigenvalue weighted by atomic mass is 19.1. The SMILES string of the molecule is CCN1CCOC(C(NN)c2cc(F)ccc2OC)C1. The van der Waals surface area contributed by atoms with Crippen LogP contribution >= 0.6 is 0 Å². The first kappa shape index (κ1) is 15.2. The third-order valence-corrected chi connectivity index (χ3v) is 3.70. The molecule has 0 aromatic heterocycles. The maximum atomic E-state index is 13.5. The van der Waals surface area contributed by atoms with Gasteiger partial charge in [0.1, 0.15) is 11.6 Å². The highest BCUT2D eigenvalue weighted by Crippen LogP contribution is 2.30. The van der Waals surface area contributed by atoms with Gasteiger partial charge in [0, 0.05) is 18.7 Å². The van der Waals surface area contributed by atoms with Gasteiger partial charge in [-0.15, -0.1) is 0 Å². The number of benzene rings is 1. The average Bonchev–Trinajstić information content (AvgIpc) is 2.48. The van der Waals surface area contributed by atoms with E-state index >= 15 is 0 Å². The lowest BCUT2D eigenvalue weighted by Crippen LogP contribution is -2.49. The van der Waals surface area contributed by atoms with Crippen molar-refractivity contribution in [1.29, 1.82) is 0 Å². The van der Waals surface area contributed by atoms with Crippen molar-refractivity contribution >= 4 is 0 Å². The zero-order chi connectivity index (χ0) is 14.5. The summed E-state index contributed by atoms with van der Waals surface area (Å²) in [5.74, 6) is 5.96. The van der Waals surface area contributed by atoms with Crippen LogP contribution < -0.4 is 16.0 Å². The van der Waals surface area contributed by atoms with Crippen LogP contribution in [0.2, 0.25) is 0 Å². The molecule has 2 atom stereocenters. The molecule has 1 aliphatic rings. The number of methoxy groups -OCH3 is 1. The molecular formula is C14H22FN3O2. The Morgan fingerprint density at radius 3 is 3.05 bits per heavy atom. The normalized spacial score (nSPS) is 21.7. The van der Waals surface area contributed by atoms with E-state index in [2.05, 4.69) is 17.2 Å². The largest absolute Gasteiger partial charge is 0.496 e. The van der Waals surface area contributed by atoms with Gasteiger partial charge in [-0.1, -0.05) is 6.92 Å². The van der Waals surface area contributed by atoms with Gasteiger partial charge in [0.05, 0.1) is 25.9 Å². The van der Waals surface area contributed by atoms with Crippen LogP contribution in [0.25, 0.3) is 0 Å². The number of ether oxygens (including phenoxy) is 2. The predicted molar refractivity (Wildman–Crippen MR) is 74.9 cm³/mol. The Kier molecular flexibility index (Phi) is 5.31. The molecule has 1 fully saturated rings. The fourth-order valence-electron chi connectivity index (χ4n) is 2.57. The third kappa shape index (κ3) is 3.27. The van der Waals surface area contributed by atoms with Crippen LogP contribution in [0.3, 0.4) is 0 Å². The molecule has 112 valence electrons. The van der Waals surface area contributed by atoms with E-state index in [1.54, 1.807) is 13.2 Å². The summed E-state index contributed by atoms with van der Waals surface area (Å²) in [4.78, 5) is 2.28. The first-order valence-electron chi connectivity index (χ1n) is 6.83. The van der Waals surface area contributed by atoms with Gasteiger partial charge >= 0.3 is 0 Å². The molecule has 5 nitrogen and oxygen atoms in total. The molecule has 1 aromatic carbocycles. The lowest BCUT2D eigenvalue weighted by atomic mass is 9.99. The average molecular weight is 283 g/mol. The van der Waals surface area contributed by atoms with E-state index < -0.39 is 0 Å². The van der Waals surface area contributed by atoms with Crippen molar-refractivity contribution in [3.05, 3.63) is 29.6 Å². The molecule has 0 radical (unpaired) electrons. The van der Waals surface area contributed by atoms with Crippen LogP contribution in [0.1, 0.15) is 18.5 Å². The second-order valence-corrected chi connectivity index (χ2v) is 4.83. The molecule has 3 N–H and O–H groups in total. The molecule has 1 saturated heterocycles. The number of hydrogen-bond acceptors (Lipinski definition) is 5. The Morgan fingerprint density at radius 1 is 1.60 bits per heavy atom. The molecule has 6 heteroatoms. The molecule has 0 aliphatic carbocycles. The number of halogens is 1. The summed E-state index contributed by atoms with van der Waals surface area (Å²) < 4.78 is 24.6. The van der Waals surface area contributed by atoms with Crippen molar-refractivity contribution in [2.24, 2.45) is 5.84 Å². The van der Waals surface area contributed by atoms with E-state index in [9.17, 15) is 4.39 Å². The zero-order valence-corrected chi connectivity index (χ0v) is 11.9. The fraction of sp³-hybridized carbons (Fsp3) is 0.571. The van der Waals surface area contributed by atoms with E-state index in [0.717, 1.165) is 19.6 Å². The van der Waals surface area contributed by atoms with Crippen LogP contribution in [0.15, 0.2) is 18.2 Å². The fourth-order valence-corrected chi connectivity index (χ4v) is 2.57. The van der Waals surface area contributed by atoms with Crippen molar-refractivity contribution in [2.45, 2.75) is 19.1 Å². The van der Waals surface area contributed by atoms with Crippen molar-refractivity contribution in [2.75, 3.05) is 33.4 Å². The van der Waals surface area contributed by atoms with Crippen molar-refractivity contribution < 1.29 is 13.9 Å². The van der Waals surface area contributed by atoms with Gasteiger partial charge < -0.3 is 9.47 Å². The maximum Gasteiger partial charge on any atom is 0.123 e. The molecule has 2 unspecified atom stereocenters. The van der Waals surface area contributed by atoms with Crippen LogP contribution in [-0.4, -0.2) is 44.4 Å². The number of nitrogens with two attached hydrogens (primary N) is 1. The van der Waals surface area contributed by atoms with E-state index in [0.29, 0.717) is 17.9 Å². The van der Waals surface area contributed by atoms with Gasteiger partial charge in [0.15, 0.2) is 0 Å². The Labute approximate surface area is 118 Å². The summed E-state index contributed by atoms with van der Waals surface area (Å²) >= 11 is 0.